The van der Waals surface area contributed by atoms with Crippen molar-refractivity contribution < 1.29 is 0 Å². The lowest BCUT2D eigenvalue weighted by Crippen LogP contribution is -2.20. The molecule has 5 aromatic rings. The van der Waals surface area contributed by atoms with Gasteiger partial charge in [0.05, 0.1) is 34.9 Å². The van der Waals surface area contributed by atoms with Crippen LogP contribution in [-0.4, -0.2) is 0 Å². The first-order chi connectivity index (χ1) is 22.5. The maximum absolute atomic E-state index is 10.3. The number of benzene rings is 5. The first-order valence-corrected chi connectivity index (χ1v) is 15.7. The topological polar surface area (TPSA) is 71.4 Å². The van der Waals surface area contributed by atoms with E-state index in [4.69, 9.17) is 0 Å². The quantitative estimate of drug-likeness (QED) is 0.209. The highest BCUT2D eigenvalue weighted by Crippen LogP contribution is 2.50. The van der Waals surface area contributed by atoms with Crippen molar-refractivity contribution in [1.29, 1.82) is 15.8 Å². The molecule has 46 heavy (non-hydrogen) atoms. The SMILES string of the molecule is Cc1cc(C#N)c(C2=CCCC=C2)cc1C1c2cc(-c3ccccc3)c(C#N)cc2C(C)c2cc(C#N)c(-c3ccccc3)cc21. The van der Waals surface area contributed by atoms with Gasteiger partial charge in [0.1, 0.15) is 0 Å². The van der Waals surface area contributed by atoms with Gasteiger partial charge < -0.3 is 0 Å². The normalized spacial score (nSPS) is 16.3. The number of hydrogen-bond acceptors (Lipinski definition) is 3. The summed E-state index contributed by atoms with van der Waals surface area (Å²) in [6, 6.07) is 40.4. The summed E-state index contributed by atoms with van der Waals surface area (Å²) in [5.74, 6) is -0.205. The predicted molar refractivity (Wildman–Crippen MR) is 184 cm³/mol. The molecule has 2 aliphatic carbocycles. The van der Waals surface area contributed by atoms with Crippen molar-refractivity contribution in [2.24, 2.45) is 0 Å². The van der Waals surface area contributed by atoms with Crippen molar-refractivity contribution in [2.75, 3.05) is 0 Å². The Bertz CT molecular complexity index is 2090. The summed E-state index contributed by atoms with van der Waals surface area (Å²) in [6.07, 6.45) is 8.47. The van der Waals surface area contributed by atoms with Crippen molar-refractivity contribution in [1.82, 2.24) is 0 Å². The molecule has 0 amide bonds. The second kappa shape index (κ2) is 11.9. The van der Waals surface area contributed by atoms with Crippen molar-refractivity contribution in [3.63, 3.8) is 0 Å². The van der Waals surface area contributed by atoms with Crippen molar-refractivity contribution >= 4 is 5.57 Å². The van der Waals surface area contributed by atoms with Gasteiger partial charge in [-0.25, -0.2) is 0 Å². The molecule has 0 bridgehead atoms. The first-order valence-electron chi connectivity index (χ1n) is 15.7. The lowest BCUT2D eigenvalue weighted by Gasteiger charge is -2.35. The van der Waals surface area contributed by atoms with E-state index in [1.807, 2.05) is 42.5 Å². The zero-order chi connectivity index (χ0) is 31.8. The standard InChI is InChI=1S/C43H31N3/c1-27-18-32(24-44)38(29-12-6-3-7-13-29)21-35(27)43-41-22-39(30-14-8-4-9-15-30)33(25-45)19-36(41)28(2)37-20-34(26-46)40(23-42(37)43)31-16-10-5-11-17-31/h4-6,8-23,28,43H,3,7H2,1-2H3. The maximum atomic E-state index is 10.3. The van der Waals surface area contributed by atoms with Gasteiger partial charge in [-0.3, -0.25) is 0 Å². The zero-order valence-electron chi connectivity index (χ0n) is 25.9. The van der Waals surface area contributed by atoms with E-state index in [2.05, 4.69) is 105 Å². The average Bonchev–Trinajstić information content (AvgIpc) is 3.12. The summed E-state index contributed by atoms with van der Waals surface area (Å²) in [7, 11) is 0. The minimum atomic E-state index is -0.175. The number of rotatable bonds is 4. The Morgan fingerprint density at radius 3 is 1.54 bits per heavy atom. The summed E-state index contributed by atoms with van der Waals surface area (Å²) in [6.45, 7) is 4.27. The molecule has 0 spiro atoms. The van der Waals surface area contributed by atoms with Gasteiger partial charge in [0.25, 0.3) is 0 Å². The number of nitrogens with zero attached hydrogens (tertiary/aromatic N) is 3. The molecule has 5 aromatic carbocycles. The Balaban J connectivity index is 1.57. The molecule has 3 nitrogen and oxygen atoms in total. The summed E-state index contributed by atoms with van der Waals surface area (Å²) >= 11 is 0. The highest BCUT2D eigenvalue weighted by atomic mass is 14.4. The Morgan fingerprint density at radius 1 is 0.565 bits per heavy atom. The molecule has 0 N–H and O–H groups in total. The largest absolute Gasteiger partial charge is 0.192 e. The Kier molecular flexibility index (Phi) is 7.42. The highest BCUT2D eigenvalue weighted by molar-refractivity contribution is 5.81. The van der Waals surface area contributed by atoms with Gasteiger partial charge in [-0.1, -0.05) is 85.8 Å². The van der Waals surface area contributed by atoms with E-state index in [1.54, 1.807) is 0 Å². The number of aryl methyl sites for hydroxylation is 1. The molecule has 218 valence electrons. The lowest BCUT2D eigenvalue weighted by atomic mass is 9.67. The maximum Gasteiger partial charge on any atom is 0.0998 e. The smallest absolute Gasteiger partial charge is 0.0998 e. The molecule has 0 fully saturated rings. The van der Waals surface area contributed by atoms with Gasteiger partial charge in [0, 0.05) is 11.8 Å². The minimum absolute atomic E-state index is 0.0303. The molecular formula is C43H31N3. The van der Waals surface area contributed by atoms with E-state index < -0.39 is 0 Å². The van der Waals surface area contributed by atoms with Gasteiger partial charge in [-0.2, -0.15) is 15.8 Å². The summed E-state index contributed by atoms with van der Waals surface area (Å²) < 4.78 is 0. The van der Waals surface area contributed by atoms with Crippen LogP contribution in [0.5, 0.6) is 0 Å². The van der Waals surface area contributed by atoms with Crippen LogP contribution in [0.4, 0.5) is 0 Å². The van der Waals surface area contributed by atoms with Crippen LogP contribution >= 0.6 is 0 Å². The lowest BCUT2D eigenvalue weighted by molar-refractivity contribution is 0.790. The van der Waals surface area contributed by atoms with Gasteiger partial charge >= 0.3 is 0 Å². The van der Waals surface area contributed by atoms with Crippen LogP contribution in [-0.2, 0) is 0 Å². The van der Waals surface area contributed by atoms with E-state index in [1.165, 1.54) is 0 Å². The second-order valence-corrected chi connectivity index (χ2v) is 12.2. The molecule has 0 atom stereocenters. The van der Waals surface area contributed by atoms with Crippen LogP contribution in [0.3, 0.4) is 0 Å². The number of fused-ring (bicyclic) bond motifs is 2. The molecule has 2 aliphatic rings. The highest BCUT2D eigenvalue weighted by Gasteiger charge is 2.35. The molecule has 7 rings (SSSR count). The van der Waals surface area contributed by atoms with E-state index in [9.17, 15) is 15.8 Å². The van der Waals surface area contributed by atoms with Gasteiger partial charge in [-0.05, 0) is 123 Å². The van der Waals surface area contributed by atoms with Crippen molar-refractivity contribution in [2.45, 2.75) is 38.5 Å². The van der Waals surface area contributed by atoms with Crippen LogP contribution in [0.25, 0.3) is 27.8 Å². The Hall–Kier alpha value is -5.95. The third-order valence-electron chi connectivity index (χ3n) is 9.56. The summed E-state index contributed by atoms with van der Waals surface area (Å²) in [4.78, 5) is 0. The molecule has 0 saturated heterocycles. The van der Waals surface area contributed by atoms with Crippen molar-refractivity contribution in [3.05, 3.63) is 171 Å². The minimum Gasteiger partial charge on any atom is -0.192 e. The average molecular weight is 590 g/mol. The molecule has 0 aliphatic heterocycles. The van der Waals surface area contributed by atoms with Crippen LogP contribution in [0.1, 0.15) is 87.2 Å². The number of hydrogen-bond donors (Lipinski definition) is 0. The van der Waals surface area contributed by atoms with E-state index in [0.29, 0.717) is 16.7 Å². The first kappa shape index (κ1) is 28.8. The van der Waals surface area contributed by atoms with Crippen LogP contribution in [0, 0.1) is 40.9 Å². The summed E-state index contributed by atoms with van der Waals surface area (Å²) in [5, 5.41) is 30.9. The molecular weight excluding hydrogens is 558 g/mol. The van der Waals surface area contributed by atoms with Gasteiger partial charge in [-0.15, -0.1) is 0 Å². The predicted octanol–water partition coefficient (Wildman–Crippen LogP) is 10.3. The van der Waals surface area contributed by atoms with Crippen molar-refractivity contribution in [3.8, 4) is 40.5 Å². The third-order valence-corrected chi connectivity index (χ3v) is 9.56. The fourth-order valence-corrected chi connectivity index (χ4v) is 7.26. The monoisotopic (exact) mass is 589 g/mol. The van der Waals surface area contributed by atoms with Crippen LogP contribution in [0.2, 0.25) is 0 Å². The van der Waals surface area contributed by atoms with Crippen LogP contribution < -0.4 is 0 Å². The number of nitriles is 3. The van der Waals surface area contributed by atoms with E-state index in [-0.39, 0.29) is 11.8 Å². The van der Waals surface area contributed by atoms with Gasteiger partial charge in [0.2, 0.25) is 0 Å². The molecule has 0 heterocycles. The molecule has 0 unspecified atom stereocenters. The fourth-order valence-electron chi connectivity index (χ4n) is 7.26. The molecule has 0 saturated carbocycles. The summed E-state index contributed by atoms with van der Waals surface area (Å²) in [5.41, 5.74) is 14.4. The second-order valence-electron chi connectivity index (χ2n) is 12.2. The molecule has 0 aromatic heterocycles. The van der Waals surface area contributed by atoms with Gasteiger partial charge in [0.15, 0.2) is 0 Å². The fraction of sp³-hybridized carbons (Fsp3) is 0.140. The number of allylic oxidation sites excluding steroid dienone is 4. The van der Waals surface area contributed by atoms with Crippen LogP contribution in [0.15, 0.2) is 115 Å². The molecule has 3 heteroatoms. The Morgan fingerprint density at radius 2 is 1.07 bits per heavy atom. The van der Waals surface area contributed by atoms with E-state index in [0.717, 1.165) is 79.6 Å². The third kappa shape index (κ3) is 4.82. The Labute approximate surface area is 270 Å². The zero-order valence-corrected chi connectivity index (χ0v) is 25.9. The molecule has 0 radical (unpaired) electrons. The van der Waals surface area contributed by atoms with E-state index >= 15 is 0 Å².